The smallest absolute Gasteiger partial charge is 0.293 e. The van der Waals surface area contributed by atoms with Gasteiger partial charge < -0.3 is 19.9 Å². The van der Waals surface area contributed by atoms with Gasteiger partial charge in [-0.3, -0.25) is 19.8 Å². The summed E-state index contributed by atoms with van der Waals surface area (Å²) in [6.45, 7) is 12.2. The van der Waals surface area contributed by atoms with E-state index in [-0.39, 0.29) is 27.6 Å². The van der Waals surface area contributed by atoms with Crippen molar-refractivity contribution >= 4 is 44.0 Å². The highest BCUT2D eigenvalue weighted by molar-refractivity contribution is 7.90. The van der Waals surface area contributed by atoms with Crippen LogP contribution in [-0.2, 0) is 10.0 Å². The number of hydrogen-bond donors (Lipinski definition) is 3. The summed E-state index contributed by atoms with van der Waals surface area (Å²) in [5.41, 5.74) is 6.36. The lowest BCUT2D eigenvalue weighted by atomic mass is 9.71. The molecule has 0 bridgehead atoms. The Hall–Kier alpha value is -4.95. The molecule has 0 spiro atoms. The van der Waals surface area contributed by atoms with Crippen molar-refractivity contribution in [2.45, 2.75) is 89.9 Å². The number of nitro groups is 1. The van der Waals surface area contributed by atoms with E-state index in [1.807, 2.05) is 12.1 Å². The summed E-state index contributed by atoms with van der Waals surface area (Å²) in [7, 11) is -4.52. The van der Waals surface area contributed by atoms with Crippen LogP contribution in [0.25, 0.3) is 11.0 Å². The number of hydrogen-bond acceptors (Lipinski definition) is 10. The molecule has 3 heterocycles. The number of ether oxygens (including phenoxy) is 1. The Morgan fingerprint density at radius 2 is 1.85 bits per heavy atom. The molecule has 1 aliphatic heterocycles. The third-order valence-corrected chi connectivity index (χ3v) is 16.7. The van der Waals surface area contributed by atoms with Gasteiger partial charge in [0.15, 0.2) is 0 Å². The van der Waals surface area contributed by atoms with E-state index in [0.29, 0.717) is 40.1 Å². The van der Waals surface area contributed by atoms with Crippen LogP contribution in [-0.4, -0.2) is 73.4 Å². The van der Waals surface area contributed by atoms with Gasteiger partial charge in [0.25, 0.3) is 21.6 Å². The highest BCUT2D eigenvalue weighted by atomic mass is 32.2. The molecule has 322 valence electrons. The van der Waals surface area contributed by atoms with Gasteiger partial charge in [0.2, 0.25) is 0 Å². The fraction of sp³-hybridized carbons (Fsp3) is 0.532. The Labute approximate surface area is 357 Å². The lowest BCUT2D eigenvalue weighted by Gasteiger charge is -2.40. The van der Waals surface area contributed by atoms with Crippen LogP contribution in [0.4, 0.5) is 17.1 Å². The highest BCUT2D eigenvalue weighted by Gasteiger charge is 2.82. The first kappa shape index (κ1) is 40.1. The summed E-state index contributed by atoms with van der Waals surface area (Å²) in [4.78, 5) is 37.5. The fourth-order valence-corrected chi connectivity index (χ4v) is 12.3. The minimum Gasteiger partial charge on any atom is -0.455 e. The SMILES string of the molecule is CCC12CC1(C1=C(CN3CCN(c4ccc(C(=O)NS(=O)(=O)c5ccc(NC[C@@H]6CC[C@@H]7CC7C6)c([N+](=O)[O-])c5)c(Oc5cnc6[nH]ccc6c5)c4)CC3)CCC(C)(C)C1)C2. The predicted octanol–water partition coefficient (Wildman–Crippen LogP) is 9.05. The Morgan fingerprint density at radius 1 is 1.03 bits per heavy atom. The van der Waals surface area contributed by atoms with E-state index in [1.165, 1.54) is 63.5 Å². The second-order valence-corrected chi connectivity index (χ2v) is 21.5. The molecule has 14 heteroatoms. The number of allylic oxidation sites excluding steroid dienone is 1. The van der Waals surface area contributed by atoms with Crippen molar-refractivity contribution in [2.24, 2.45) is 34.0 Å². The van der Waals surface area contributed by atoms with Crippen molar-refractivity contribution in [1.82, 2.24) is 19.6 Å². The van der Waals surface area contributed by atoms with E-state index >= 15 is 0 Å². The van der Waals surface area contributed by atoms with Crippen LogP contribution in [0.1, 0.15) is 95.3 Å². The second-order valence-electron chi connectivity index (χ2n) is 19.8. The van der Waals surface area contributed by atoms with E-state index in [0.717, 1.165) is 74.5 Å². The number of piperazine rings is 1. The molecule has 1 amide bonds. The number of fused-ring (bicyclic) bond motifs is 3. The van der Waals surface area contributed by atoms with Crippen LogP contribution in [0, 0.1) is 44.1 Å². The summed E-state index contributed by atoms with van der Waals surface area (Å²) in [5.74, 6) is 1.68. The zero-order valence-corrected chi connectivity index (χ0v) is 36.3. The molecule has 3 N–H and O–H groups in total. The van der Waals surface area contributed by atoms with Gasteiger partial charge in [0.05, 0.1) is 21.6 Å². The van der Waals surface area contributed by atoms with Gasteiger partial charge in [-0.25, -0.2) is 18.1 Å². The number of nitro benzene ring substituents is 1. The maximum absolute atomic E-state index is 14.0. The van der Waals surface area contributed by atoms with E-state index in [9.17, 15) is 23.3 Å². The molecule has 4 saturated carbocycles. The molecule has 2 aromatic carbocycles. The van der Waals surface area contributed by atoms with Crippen molar-refractivity contribution in [3.63, 3.8) is 0 Å². The van der Waals surface area contributed by atoms with Crippen LogP contribution in [0.3, 0.4) is 0 Å². The number of aromatic amines is 1. The summed E-state index contributed by atoms with van der Waals surface area (Å²) < 4.78 is 36.0. The summed E-state index contributed by atoms with van der Waals surface area (Å²) in [6.07, 6.45) is 15.7. The van der Waals surface area contributed by atoms with E-state index < -0.39 is 20.9 Å². The van der Waals surface area contributed by atoms with Crippen molar-refractivity contribution < 1.29 is 22.9 Å². The molecule has 0 radical (unpaired) electrons. The fourth-order valence-electron chi connectivity index (χ4n) is 11.3. The number of amides is 1. The molecular weight excluding hydrogens is 791 g/mol. The first-order chi connectivity index (χ1) is 29.2. The molecule has 61 heavy (non-hydrogen) atoms. The molecule has 2 aromatic heterocycles. The number of sulfonamides is 1. The zero-order valence-electron chi connectivity index (χ0n) is 35.5. The summed E-state index contributed by atoms with van der Waals surface area (Å²) in [5, 5.41) is 16.2. The van der Waals surface area contributed by atoms with Crippen molar-refractivity contribution in [1.29, 1.82) is 0 Å². The molecule has 4 aromatic rings. The summed E-state index contributed by atoms with van der Waals surface area (Å²) in [6, 6.07) is 12.6. The number of anilines is 2. The van der Waals surface area contributed by atoms with Crippen molar-refractivity contribution in [2.75, 3.05) is 49.5 Å². The Morgan fingerprint density at radius 3 is 2.61 bits per heavy atom. The molecule has 10 rings (SSSR count). The number of rotatable bonds is 14. The molecule has 1 saturated heterocycles. The first-order valence-electron chi connectivity index (χ1n) is 22.3. The monoisotopic (exact) mass is 847 g/mol. The molecule has 1 unspecified atom stereocenters. The normalized spacial score (nSPS) is 27.9. The third-order valence-electron chi connectivity index (χ3n) is 15.4. The number of nitrogens with one attached hydrogen (secondary N) is 3. The van der Waals surface area contributed by atoms with Crippen molar-refractivity contribution in [3.05, 3.63) is 87.7 Å². The number of benzene rings is 2. The molecular formula is C47H57N7O6S. The Balaban J connectivity index is 0.856. The lowest BCUT2D eigenvalue weighted by molar-refractivity contribution is -0.384. The minimum atomic E-state index is -4.52. The van der Waals surface area contributed by atoms with Crippen LogP contribution in [0.15, 0.2) is 77.0 Å². The Kier molecular flexibility index (Phi) is 9.78. The Bertz CT molecular complexity index is 2550. The molecule has 5 fully saturated rings. The number of pyridine rings is 1. The van der Waals surface area contributed by atoms with Gasteiger partial charge in [0, 0.05) is 68.7 Å². The average molecular weight is 848 g/mol. The lowest BCUT2D eigenvalue weighted by Crippen LogP contribution is -2.47. The van der Waals surface area contributed by atoms with Gasteiger partial charge >= 0.3 is 0 Å². The topological polar surface area (TPSA) is 163 Å². The standard InChI is InChI=1S/C47H57N7O6S/c1-4-46-28-47(46,29-46)39-24-45(2,3)13-11-33(39)27-52-15-17-53(18-16-52)35-7-9-38(42(22-35)60-36-21-32-12-14-48-43(32)50-26-36)44(55)51-61(58,59)37-8-10-40(41(23-37)54(56)57)49-25-30-5-6-31-20-34(31)19-30/h7-10,12,14,21-23,26,30-31,34,49H,4-6,11,13,15-20,24-25,27-29H2,1-3H3,(H,48,50)(H,51,55)/t30-,31-,34?,46?,47?/m1/s1. The molecule has 5 aliphatic carbocycles. The molecule has 13 nitrogen and oxygen atoms in total. The van der Waals surface area contributed by atoms with E-state index in [2.05, 4.69) is 50.6 Å². The number of H-pyrrole nitrogens is 1. The van der Waals surface area contributed by atoms with Crippen molar-refractivity contribution in [3.8, 4) is 11.5 Å². The first-order valence-corrected chi connectivity index (χ1v) is 23.8. The van der Waals surface area contributed by atoms with E-state index in [4.69, 9.17) is 4.74 Å². The second kappa shape index (κ2) is 14.9. The zero-order chi connectivity index (χ0) is 42.3. The van der Waals surface area contributed by atoms with Crippen LogP contribution in [0.2, 0.25) is 0 Å². The van der Waals surface area contributed by atoms with Crippen LogP contribution >= 0.6 is 0 Å². The maximum atomic E-state index is 14.0. The van der Waals surface area contributed by atoms with E-state index in [1.54, 1.807) is 41.7 Å². The quantitative estimate of drug-likeness (QED) is 0.0634. The van der Waals surface area contributed by atoms with Gasteiger partial charge in [-0.05, 0) is 135 Å². The number of aromatic nitrogens is 2. The molecule has 6 aliphatic rings. The number of nitrogens with zero attached hydrogens (tertiary/aromatic N) is 4. The third kappa shape index (κ3) is 7.68. The molecule has 3 atom stereocenters. The van der Waals surface area contributed by atoms with Gasteiger partial charge in [-0.15, -0.1) is 0 Å². The summed E-state index contributed by atoms with van der Waals surface area (Å²) >= 11 is 0. The van der Waals surface area contributed by atoms with Gasteiger partial charge in [-0.1, -0.05) is 31.9 Å². The minimum absolute atomic E-state index is 0.000619. The largest absolute Gasteiger partial charge is 0.455 e. The maximum Gasteiger partial charge on any atom is 0.293 e. The van der Waals surface area contributed by atoms with Crippen LogP contribution in [0.5, 0.6) is 11.5 Å². The van der Waals surface area contributed by atoms with Crippen LogP contribution < -0.4 is 19.7 Å². The average Bonchev–Trinajstić information content (AvgIpc) is 4.18. The predicted molar refractivity (Wildman–Crippen MR) is 235 cm³/mol. The highest BCUT2D eigenvalue weighted by Crippen LogP contribution is 2.91. The van der Waals surface area contributed by atoms with Gasteiger partial charge in [-0.2, -0.15) is 0 Å². The van der Waals surface area contributed by atoms with Gasteiger partial charge in [0.1, 0.15) is 22.8 Å². The number of carbonyl (C=O) groups is 1. The number of carbonyl (C=O) groups excluding carboxylic acids is 1.